The average Bonchev–Trinajstić information content (AvgIpc) is 3.07. The summed E-state index contributed by atoms with van der Waals surface area (Å²) in [6, 6.07) is 10.1. The van der Waals surface area contributed by atoms with Gasteiger partial charge in [0.1, 0.15) is 0 Å². The zero-order chi connectivity index (χ0) is 18.1. The first-order valence-electron chi connectivity index (χ1n) is 8.34. The Bertz CT molecular complexity index is 675. The summed E-state index contributed by atoms with van der Waals surface area (Å²) in [7, 11) is 0. The van der Waals surface area contributed by atoms with E-state index in [2.05, 4.69) is 46.5 Å². The van der Waals surface area contributed by atoms with Crippen LogP contribution in [0.25, 0.3) is 0 Å². The summed E-state index contributed by atoms with van der Waals surface area (Å²) in [5.41, 5.74) is 1.14. The third-order valence-corrected chi connectivity index (χ3v) is 5.61. The molecule has 7 heteroatoms. The topological polar surface area (TPSA) is 66.9 Å². The Morgan fingerprint density at radius 3 is 2.80 bits per heavy atom. The van der Waals surface area contributed by atoms with Gasteiger partial charge in [0.25, 0.3) is 0 Å². The molecule has 0 saturated carbocycles. The molecule has 0 aliphatic rings. The van der Waals surface area contributed by atoms with E-state index in [1.165, 1.54) is 23.1 Å². The second kappa shape index (κ2) is 10.2. The molecular weight excluding hydrogens is 352 g/mol. The third kappa shape index (κ3) is 6.17. The minimum atomic E-state index is -0.233. The molecule has 1 heterocycles. The van der Waals surface area contributed by atoms with E-state index in [1.54, 1.807) is 6.08 Å². The molecule has 0 aliphatic carbocycles. The number of hydrogen-bond donors (Lipinski definition) is 2. The van der Waals surface area contributed by atoms with Crippen molar-refractivity contribution in [1.82, 2.24) is 15.5 Å². The molecule has 1 aromatic carbocycles. The minimum absolute atomic E-state index is 0.0168. The second-order valence-electron chi connectivity index (χ2n) is 5.56. The van der Waals surface area contributed by atoms with Crippen LogP contribution >= 0.6 is 23.1 Å². The molecule has 2 aromatic rings. The van der Waals surface area contributed by atoms with E-state index in [4.69, 9.17) is 0 Å². The van der Waals surface area contributed by atoms with E-state index < -0.39 is 0 Å². The maximum atomic E-state index is 12.6. The van der Waals surface area contributed by atoms with Gasteiger partial charge in [-0.1, -0.05) is 72.9 Å². The Hall–Kier alpha value is -1.86. The Labute approximate surface area is 157 Å². The number of hydrogen-bond acceptors (Lipinski definition) is 6. The fourth-order valence-corrected chi connectivity index (χ4v) is 4.19. The number of benzene rings is 1. The number of anilines is 1. The summed E-state index contributed by atoms with van der Waals surface area (Å²) < 4.78 is 0.779. The number of amides is 1. The van der Waals surface area contributed by atoms with Gasteiger partial charge in [-0.25, -0.2) is 0 Å². The van der Waals surface area contributed by atoms with Gasteiger partial charge in [0.05, 0.1) is 11.3 Å². The summed E-state index contributed by atoms with van der Waals surface area (Å²) in [6.45, 7) is 8.32. The normalized spacial score (nSPS) is 13.0. The molecule has 1 amide bonds. The van der Waals surface area contributed by atoms with Gasteiger partial charge in [-0.3, -0.25) is 4.79 Å². The molecular formula is C18H24N4OS2. The summed E-state index contributed by atoms with van der Waals surface area (Å²) in [4.78, 5) is 12.6. The number of carbonyl (C=O) groups is 1. The molecule has 2 atom stereocenters. The van der Waals surface area contributed by atoms with Crippen LogP contribution in [0.3, 0.4) is 0 Å². The monoisotopic (exact) mass is 376 g/mol. The molecule has 0 radical (unpaired) electrons. The Morgan fingerprint density at radius 1 is 1.36 bits per heavy atom. The lowest BCUT2D eigenvalue weighted by Gasteiger charge is -2.20. The van der Waals surface area contributed by atoms with E-state index >= 15 is 0 Å². The van der Waals surface area contributed by atoms with Crippen LogP contribution in [0.5, 0.6) is 0 Å². The van der Waals surface area contributed by atoms with Crippen LogP contribution in [0, 0.1) is 0 Å². The van der Waals surface area contributed by atoms with Gasteiger partial charge in [-0.15, -0.1) is 16.8 Å². The maximum Gasteiger partial charge on any atom is 0.233 e. The Morgan fingerprint density at radius 2 is 2.12 bits per heavy atom. The highest BCUT2D eigenvalue weighted by Crippen LogP contribution is 2.29. The van der Waals surface area contributed by atoms with Gasteiger partial charge in [0.2, 0.25) is 11.0 Å². The van der Waals surface area contributed by atoms with Crippen LogP contribution in [0.4, 0.5) is 5.13 Å². The lowest BCUT2D eigenvalue weighted by molar-refractivity contribution is -0.121. The van der Waals surface area contributed by atoms with Crippen molar-refractivity contribution < 1.29 is 4.79 Å². The van der Waals surface area contributed by atoms with Crippen LogP contribution in [0.15, 0.2) is 47.3 Å². The molecule has 0 aliphatic heterocycles. The summed E-state index contributed by atoms with van der Waals surface area (Å²) in [6.07, 6.45) is 3.69. The number of thioether (sulfide) groups is 1. The number of aromatic nitrogens is 2. The molecule has 2 N–H and O–H groups in total. The van der Waals surface area contributed by atoms with E-state index in [1.807, 2.05) is 25.1 Å². The molecule has 0 spiro atoms. The Balaban J connectivity index is 1.93. The van der Waals surface area contributed by atoms with Crippen molar-refractivity contribution in [1.29, 1.82) is 0 Å². The maximum absolute atomic E-state index is 12.6. The highest BCUT2D eigenvalue weighted by atomic mass is 32.2. The molecule has 134 valence electrons. The van der Waals surface area contributed by atoms with Crippen molar-refractivity contribution >= 4 is 34.1 Å². The van der Waals surface area contributed by atoms with Gasteiger partial charge in [0, 0.05) is 6.54 Å². The lowest BCUT2D eigenvalue weighted by Crippen LogP contribution is -2.34. The molecule has 5 nitrogen and oxygen atoms in total. The van der Waals surface area contributed by atoms with E-state index in [0.29, 0.717) is 6.54 Å². The second-order valence-corrected chi connectivity index (χ2v) is 8.13. The predicted molar refractivity (Wildman–Crippen MR) is 106 cm³/mol. The largest absolute Gasteiger partial charge is 0.357 e. The molecule has 0 saturated heterocycles. The smallest absolute Gasteiger partial charge is 0.233 e. The Kier molecular flexibility index (Phi) is 7.94. The molecule has 0 fully saturated rings. The summed E-state index contributed by atoms with van der Waals surface area (Å²) in [5.74, 6) is 0.0168. The van der Waals surface area contributed by atoms with Gasteiger partial charge >= 0.3 is 0 Å². The van der Waals surface area contributed by atoms with E-state index in [-0.39, 0.29) is 17.2 Å². The molecule has 1 aromatic heterocycles. The number of nitrogens with zero attached hydrogens (tertiary/aromatic N) is 2. The first-order chi connectivity index (χ1) is 12.1. The fraction of sp³-hybridized carbons (Fsp3) is 0.389. The zero-order valence-corrected chi connectivity index (χ0v) is 16.2. The minimum Gasteiger partial charge on any atom is -0.357 e. The average molecular weight is 377 g/mol. The molecule has 2 rings (SSSR count). The SMILES string of the molecule is C=CCNc1nnc(SC(C)C(=O)NC(CCC)c2ccccc2)s1. The van der Waals surface area contributed by atoms with Gasteiger partial charge in [0.15, 0.2) is 4.34 Å². The lowest BCUT2D eigenvalue weighted by atomic mass is 10.0. The molecule has 0 bridgehead atoms. The number of nitrogens with one attached hydrogen (secondary N) is 2. The number of carbonyl (C=O) groups excluding carboxylic acids is 1. The highest BCUT2D eigenvalue weighted by molar-refractivity contribution is 8.02. The molecule has 25 heavy (non-hydrogen) atoms. The first kappa shape index (κ1) is 19.5. The van der Waals surface area contributed by atoms with Crippen LogP contribution in [-0.4, -0.2) is 27.9 Å². The van der Waals surface area contributed by atoms with E-state index in [9.17, 15) is 4.79 Å². The van der Waals surface area contributed by atoms with Crippen LogP contribution in [-0.2, 0) is 4.79 Å². The first-order valence-corrected chi connectivity index (χ1v) is 10.0. The molecule has 2 unspecified atom stereocenters. The highest BCUT2D eigenvalue weighted by Gasteiger charge is 2.21. The third-order valence-electron chi connectivity index (χ3n) is 3.55. The van der Waals surface area contributed by atoms with Crippen molar-refractivity contribution in [3.8, 4) is 0 Å². The quantitative estimate of drug-likeness (QED) is 0.479. The van der Waals surface area contributed by atoms with Crippen molar-refractivity contribution in [2.45, 2.75) is 42.3 Å². The van der Waals surface area contributed by atoms with Crippen molar-refractivity contribution in [2.75, 3.05) is 11.9 Å². The summed E-state index contributed by atoms with van der Waals surface area (Å²) in [5, 5.41) is 15.0. The summed E-state index contributed by atoms with van der Waals surface area (Å²) >= 11 is 2.87. The van der Waals surface area contributed by atoms with Crippen molar-refractivity contribution in [3.63, 3.8) is 0 Å². The van der Waals surface area contributed by atoms with E-state index in [0.717, 1.165) is 27.9 Å². The van der Waals surface area contributed by atoms with Crippen LogP contribution in [0.2, 0.25) is 0 Å². The number of rotatable bonds is 10. The predicted octanol–water partition coefficient (Wildman–Crippen LogP) is 4.27. The van der Waals surface area contributed by atoms with Gasteiger partial charge in [-0.05, 0) is 18.9 Å². The van der Waals surface area contributed by atoms with Crippen LogP contribution < -0.4 is 10.6 Å². The van der Waals surface area contributed by atoms with Crippen molar-refractivity contribution in [2.24, 2.45) is 0 Å². The standard InChI is InChI=1S/C18H24N4OS2/c1-4-9-15(14-10-7-6-8-11-14)20-16(23)13(3)24-18-22-21-17(25-18)19-12-5-2/h5-8,10-11,13,15H,2,4,9,12H2,1,3H3,(H,19,21)(H,20,23). The van der Waals surface area contributed by atoms with Gasteiger partial charge < -0.3 is 10.6 Å². The zero-order valence-electron chi connectivity index (χ0n) is 14.6. The fourth-order valence-electron chi connectivity index (χ4n) is 2.28. The van der Waals surface area contributed by atoms with Crippen LogP contribution in [0.1, 0.15) is 38.3 Å². The van der Waals surface area contributed by atoms with Crippen molar-refractivity contribution in [3.05, 3.63) is 48.6 Å². The van der Waals surface area contributed by atoms with Gasteiger partial charge in [-0.2, -0.15) is 0 Å².